The van der Waals surface area contributed by atoms with E-state index in [-0.39, 0.29) is 5.91 Å². The number of nitrogens with one attached hydrogen (secondary N) is 2. The lowest BCUT2D eigenvalue weighted by Crippen LogP contribution is -2.12. The molecule has 33 heavy (non-hydrogen) atoms. The summed E-state index contributed by atoms with van der Waals surface area (Å²) in [6.45, 7) is 0.726. The lowest BCUT2D eigenvalue weighted by Gasteiger charge is -2.17. The Balaban J connectivity index is 1.81. The lowest BCUT2D eigenvalue weighted by molar-refractivity contribution is -0.110. The van der Waals surface area contributed by atoms with Crippen molar-refractivity contribution in [2.75, 3.05) is 31.8 Å². The third kappa shape index (κ3) is 4.77. The second-order valence-corrected chi connectivity index (χ2v) is 8.40. The molecule has 0 aliphatic carbocycles. The normalized spacial score (nSPS) is 14.0. The second kappa shape index (κ2) is 9.48. The van der Waals surface area contributed by atoms with Crippen LogP contribution in [-0.4, -0.2) is 38.0 Å². The molecule has 1 aliphatic rings. The van der Waals surface area contributed by atoms with Crippen LogP contribution >= 0.6 is 11.6 Å². The molecule has 0 spiro atoms. The number of benzene rings is 3. The van der Waals surface area contributed by atoms with Gasteiger partial charge in [-0.05, 0) is 49.5 Å². The molecular formula is C26H24ClN3O3. The molecule has 4 rings (SSSR count). The summed E-state index contributed by atoms with van der Waals surface area (Å²) >= 11 is 6.53. The van der Waals surface area contributed by atoms with Gasteiger partial charge in [-0.15, -0.1) is 0 Å². The summed E-state index contributed by atoms with van der Waals surface area (Å²) < 4.78 is 4.80. The van der Waals surface area contributed by atoms with Crippen LogP contribution in [0.5, 0.6) is 0 Å². The Morgan fingerprint density at radius 1 is 1.03 bits per heavy atom. The van der Waals surface area contributed by atoms with Crippen LogP contribution in [0.4, 0.5) is 11.4 Å². The lowest BCUT2D eigenvalue weighted by atomic mass is 9.99. The Labute approximate surface area is 197 Å². The minimum absolute atomic E-state index is 0.256. The zero-order chi connectivity index (χ0) is 23.5. The van der Waals surface area contributed by atoms with Crippen molar-refractivity contribution in [2.45, 2.75) is 6.54 Å². The summed E-state index contributed by atoms with van der Waals surface area (Å²) in [6, 6.07) is 20.4. The fourth-order valence-corrected chi connectivity index (χ4v) is 4.03. The van der Waals surface area contributed by atoms with Crippen molar-refractivity contribution in [3.63, 3.8) is 0 Å². The first-order chi connectivity index (χ1) is 15.9. The van der Waals surface area contributed by atoms with Gasteiger partial charge in [-0.2, -0.15) is 0 Å². The summed E-state index contributed by atoms with van der Waals surface area (Å²) in [4.78, 5) is 27.0. The third-order valence-corrected chi connectivity index (χ3v) is 5.66. The van der Waals surface area contributed by atoms with Gasteiger partial charge in [0.05, 0.1) is 29.6 Å². The van der Waals surface area contributed by atoms with Gasteiger partial charge in [0, 0.05) is 22.8 Å². The number of carbonyl (C=O) groups excluding carboxylic acids is 2. The van der Waals surface area contributed by atoms with E-state index in [0.717, 1.165) is 23.4 Å². The van der Waals surface area contributed by atoms with Crippen LogP contribution in [-0.2, 0) is 16.1 Å². The average molecular weight is 462 g/mol. The van der Waals surface area contributed by atoms with E-state index in [2.05, 4.69) is 10.6 Å². The number of nitrogens with zero attached hydrogens (tertiary/aromatic N) is 1. The highest BCUT2D eigenvalue weighted by Crippen LogP contribution is 2.38. The maximum absolute atomic E-state index is 13.1. The third-order valence-electron chi connectivity index (χ3n) is 5.31. The van der Waals surface area contributed by atoms with Gasteiger partial charge < -0.3 is 20.3 Å². The molecule has 0 radical (unpaired) electrons. The van der Waals surface area contributed by atoms with E-state index < -0.39 is 5.97 Å². The molecule has 0 saturated heterocycles. The molecule has 1 aliphatic heterocycles. The van der Waals surface area contributed by atoms with Crippen molar-refractivity contribution in [3.05, 3.63) is 94.0 Å². The molecule has 7 heteroatoms. The minimum atomic E-state index is -0.460. The molecule has 0 aromatic heterocycles. The number of fused-ring (bicyclic) bond motifs is 1. The summed E-state index contributed by atoms with van der Waals surface area (Å²) in [7, 11) is 5.30. The van der Waals surface area contributed by atoms with Crippen molar-refractivity contribution in [1.29, 1.82) is 0 Å². The SMILES string of the molecule is COC(=O)c1ccc2c(c1)NC(=O)/C2=C(\Nc1ccc(CN(C)C)c(Cl)c1)c1ccccc1. The van der Waals surface area contributed by atoms with Crippen molar-refractivity contribution in [1.82, 2.24) is 4.90 Å². The number of halogens is 1. The molecule has 1 heterocycles. The molecule has 0 unspecified atom stereocenters. The van der Waals surface area contributed by atoms with Crippen LogP contribution < -0.4 is 10.6 Å². The Morgan fingerprint density at radius 3 is 2.45 bits per heavy atom. The Kier molecular flexibility index (Phi) is 6.49. The molecule has 6 nitrogen and oxygen atoms in total. The first-order valence-corrected chi connectivity index (χ1v) is 10.8. The maximum atomic E-state index is 13.1. The van der Waals surface area contributed by atoms with Crippen molar-refractivity contribution in [3.8, 4) is 0 Å². The molecule has 3 aromatic carbocycles. The Hall–Kier alpha value is -3.61. The summed E-state index contributed by atoms with van der Waals surface area (Å²) in [5.74, 6) is -0.716. The number of esters is 1. The number of carbonyl (C=O) groups is 2. The van der Waals surface area contributed by atoms with E-state index in [1.807, 2.05) is 67.5 Å². The van der Waals surface area contributed by atoms with E-state index in [0.29, 0.717) is 33.1 Å². The predicted octanol–water partition coefficient (Wildman–Crippen LogP) is 5.12. The van der Waals surface area contributed by atoms with Gasteiger partial charge in [0.25, 0.3) is 5.91 Å². The standard InChI is InChI=1S/C26H24ClN3O3/c1-30(2)15-18-9-11-19(14-21(18)27)28-24(16-7-5-4-6-8-16)23-20-12-10-17(26(32)33-3)13-22(20)29-25(23)31/h4-14,28H,15H2,1-3H3,(H,29,31)/b24-23-. The summed E-state index contributed by atoms with van der Waals surface area (Å²) in [5.41, 5.74) is 5.40. The quantitative estimate of drug-likeness (QED) is 0.394. The van der Waals surface area contributed by atoms with Crippen molar-refractivity contribution < 1.29 is 14.3 Å². The topological polar surface area (TPSA) is 70.7 Å². The zero-order valence-electron chi connectivity index (χ0n) is 18.6. The van der Waals surface area contributed by atoms with Crippen LogP contribution in [0.2, 0.25) is 5.02 Å². The number of ether oxygens (including phenoxy) is 1. The van der Waals surface area contributed by atoms with Gasteiger partial charge >= 0.3 is 5.97 Å². The number of hydrogen-bond donors (Lipinski definition) is 2. The molecule has 3 aromatic rings. The maximum Gasteiger partial charge on any atom is 0.337 e. The van der Waals surface area contributed by atoms with E-state index >= 15 is 0 Å². The summed E-state index contributed by atoms with van der Waals surface area (Å²) in [5, 5.41) is 6.92. The first-order valence-electron chi connectivity index (χ1n) is 10.4. The highest BCUT2D eigenvalue weighted by molar-refractivity contribution is 6.37. The van der Waals surface area contributed by atoms with Gasteiger partial charge in [0.2, 0.25) is 0 Å². The molecule has 168 valence electrons. The fourth-order valence-electron chi connectivity index (χ4n) is 3.79. The first kappa shape index (κ1) is 22.6. The van der Waals surface area contributed by atoms with E-state index in [4.69, 9.17) is 16.3 Å². The summed E-state index contributed by atoms with van der Waals surface area (Å²) in [6.07, 6.45) is 0. The number of rotatable bonds is 6. The predicted molar refractivity (Wildman–Crippen MR) is 132 cm³/mol. The minimum Gasteiger partial charge on any atom is -0.465 e. The van der Waals surface area contributed by atoms with Crippen molar-refractivity contribution >= 4 is 46.1 Å². The Morgan fingerprint density at radius 2 is 1.79 bits per heavy atom. The number of anilines is 2. The number of hydrogen-bond acceptors (Lipinski definition) is 5. The van der Waals surface area contributed by atoms with E-state index in [1.165, 1.54) is 7.11 Å². The fraction of sp³-hybridized carbons (Fsp3) is 0.154. The molecule has 0 atom stereocenters. The molecule has 1 amide bonds. The molecular weight excluding hydrogens is 438 g/mol. The van der Waals surface area contributed by atoms with E-state index in [1.54, 1.807) is 18.2 Å². The smallest absolute Gasteiger partial charge is 0.337 e. The molecule has 0 saturated carbocycles. The zero-order valence-corrected chi connectivity index (χ0v) is 19.4. The van der Waals surface area contributed by atoms with Crippen LogP contribution in [0.1, 0.15) is 27.0 Å². The number of amides is 1. The second-order valence-electron chi connectivity index (χ2n) is 7.99. The van der Waals surface area contributed by atoms with Gasteiger partial charge in [-0.3, -0.25) is 4.79 Å². The average Bonchev–Trinajstić information content (AvgIpc) is 3.13. The van der Waals surface area contributed by atoms with Crippen LogP contribution in [0.15, 0.2) is 66.7 Å². The highest BCUT2D eigenvalue weighted by Gasteiger charge is 2.29. The molecule has 2 N–H and O–H groups in total. The van der Waals surface area contributed by atoms with Gasteiger partial charge in [-0.25, -0.2) is 4.79 Å². The van der Waals surface area contributed by atoms with Crippen LogP contribution in [0.25, 0.3) is 11.3 Å². The van der Waals surface area contributed by atoms with Crippen LogP contribution in [0.3, 0.4) is 0 Å². The van der Waals surface area contributed by atoms with Gasteiger partial charge in [0.1, 0.15) is 0 Å². The van der Waals surface area contributed by atoms with E-state index in [9.17, 15) is 9.59 Å². The Bertz CT molecular complexity index is 1250. The van der Waals surface area contributed by atoms with Gasteiger partial charge in [-0.1, -0.05) is 54.1 Å². The molecule has 0 fully saturated rings. The largest absolute Gasteiger partial charge is 0.465 e. The van der Waals surface area contributed by atoms with Crippen molar-refractivity contribution in [2.24, 2.45) is 0 Å². The number of methoxy groups -OCH3 is 1. The van der Waals surface area contributed by atoms with Gasteiger partial charge in [0.15, 0.2) is 0 Å². The highest BCUT2D eigenvalue weighted by atomic mass is 35.5. The monoisotopic (exact) mass is 461 g/mol. The molecule has 0 bridgehead atoms. The van der Waals surface area contributed by atoms with Crippen LogP contribution in [0, 0.1) is 0 Å².